The molecule has 2 aliphatic heterocycles. The van der Waals surface area contributed by atoms with Gasteiger partial charge in [-0.15, -0.1) is 0 Å². The summed E-state index contributed by atoms with van der Waals surface area (Å²) in [5.74, 6) is 0. The Morgan fingerprint density at radius 1 is 1.19 bits per heavy atom. The van der Waals surface area contributed by atoms with Crippen molar-refractivity contribution in [2.45, 2.75) is 63.6 Å². The third-order valence-corrected chi connectivity index (χ3v) is 4.86. The van der Waals surface area contributed by atoms with Crippen molar-refractivity contribution in [2.24, 2.45) is 0 Å². The van der Waals surface area contributed by atoms with E-state index in [1.807, 2.05) is 0 Å². The lowest BCUT2D eigenvalue weighted by Gasteiger charge is -2.49. The topological polar surface area (TPSA) is 47.6 Å². The second-order valence-electron chi connectivity index (χ2n) is 6.73. The first kappa shape index (κ1) is 16.6. The summed E-state index contributed by atoms with van der Waals surface area (Å²) in [5, 5.41) is 6.70. The quantitative estimate of drug-likeness (QED) is 0.783. The van der Waals surface area contributed by atoms with Gasteiger partial charge in [0.05, 0.1) is 0 Å². The molecular weight excluding hydrogens is 264 g/mol. The molecule has 2 bridgehead atoms. The zero-order chi connectivity index (χ0) is 15.2. The number of rotatable bonds is 6. The van der Waals surface area contributed by atoms with E-state index in [2.05, 4.69) is 22.5 Å². The summed E-state index contributed by atoms with van der Waals surface area (Å²) < 4.78 is 0. The van der Waals surface area contributed by atoms with Gasteiger partial charge in [0.15, 0.2) is 0 Å². The van der Waals surface area contributed by atoms with Gasteiger partial charge in [-0.1, -0.05) is 13.3 Å². The van der Waals surface area contributed by atoms with Gasteiger partial charge in [0.25, 0.3) is 0 Å². The Balaban J connectivity index is 1.79. The number of amides is 2. The molecule has 2 atom stereocenters. The van der Waals surface area contributed by atoms with Crippen LogP contribution in [0.15, 0.2) is 0 Å². The molecule has 5 heteroatoms. The lowest BCUT2D eigenvalue weighted by molar-refractivity contribution is 0.0260. The minimum absolute atomic E-state index is 0.0136. The van der Waals surface area contributed by atoms with E-state index >= 15 is 0 Å². The number of fused-ring (bicyclic) bond motifs is 2. The third kappa shape index (κ3) is 4.58. The Labute approximate surface area is 129 Å². The van der Waals surface area contributed by atoms with E-state index in [1.54, 1.807) is 19.0 Å². The number of hydrogen-bond acceptors (Lipinski definition) is 3. The number of nitrogens with zero attached hydrogens (tertiary/aromatic N) is 2. The SMILES string of the molecule is CCCNC1CC2CCCC(C1)N2CCNC(=O)N(C)C. The van der Waals surface area contributed by atoms with Gasteiger partial charge >= 0.3 is 6.03 Å². The smallest absolute Gasteiger partial charge is 0.316 e. The monoisotopic (exact) mass is 296 g/mol. The summed E-state index contributed by atoms with van der Waals surface area (Å²) in [5.41, 5.74) is 0. The van der Waals surface area contributed by atoms with Crippen LogP contribution in [-0.2, 0) is 0 Å². The third-order valence-electron chi connectivity index (χ3n) is 4.86. The van der Waals surface area contributed by atoms with Crippen LogP contribution in [0.2, 0.25) is 0 Å². The van der Waals surface area contributed by atoms with Crippen molar-refractivity contribution in [1.29, 1.82) is 0 Å². The van der Waals surface area contributed by atoms with E-state index in [1.165, 1.54) is 38.5 Å². The van der Waals surface area contributed by atoms with Gasteiger partial charge in [-0.3, -0.25) is 4.90 Å². The van der Waals surface area contributed by atoms with Crippen LogP contribution >= 0.6 is 0 Å². The van der Waals surface area contributed by atoms with Crippen LogP contribution in [0.5, 0.6) is 0 Å². The maximum atomic E-state index is 11.6. The predicted octanol–water partition coefficient (Wildman–Crippen LogP) is 1.64. The molecule has 2 saturated heterocycles. The summed E-state index contributed by atoms with van der Waals surface area (Å²) in [6, 6.07) is 2.14. The van der Waals surface area contributed by atoms with Crippen molar-refractivity contribution in [3.05, 3.63) is 0 Å². The highest BCUT2D eigenvalue weighted by Crippen LogP contribution is 2.33. The Hall–Kier alpha value is -0.810. The van der Waals surface area contributed by atoms with Gasteiger partial charge in [0.1, 0.15) is 0 Å². The van der Waals surface area contributed by atoms with Crippen LogP contribution in [0, 0.1) is 0 Å². The average Bonchev–Trinajstić information content (AvgIpc) is 2.44. The highest BCUT2D eigenvalue weighted by Gasteiger charge is 2.37. The Kier molecular flexibility index (Phi) is 6.30. The molecule has 2 amide bonds. The van der Waals surface area contributed by atoms with Crippen LogP contribution in [0.1, 0.15) is 45.4 Å². The maximum absolute atomic E-state index is 11.6. The first-order chi connectivity index (χ1) is 10.1. The number of carbonyl (C=O) groups excluding carboxylic acids is 1. The summed E-state index contributed by atoms with van der Waals surface area (Å²) >= 11 is 0. The van der Waals surface area contributed by atoms with Crippen molar-refractivity contribution in [3.8, 4) is 0 Å². The standard InChI is InChI=1S/C16H32N4O/c1-4-8-17-13-11-14-6-5-7-15(12-13)20(14)10-9-18-16(21)19(2)3/h13-15,17H,4-12H2,1-3H3,(H,18,21). The fraction of sp³-hybridized carbons (Fsp3) is 0.938. The predicted molar refractivity (Wildman–Crippen MR) is 86.5 cm³/mol. The molecule has 2 heterocycles. The Morgan fingerprint density at radius 3 is 2.43 bits per heavy atom. The number of hydrogen-bond donors (Lipinski definition) is 2. The van der Waals surface area contributed by atoms with Crippen LogP contribution in [0.4, 0.5) is 4.79 Å². The second kappa shape index (κ2) is 7.99. The van der Waals surface area contributed by atoms with Gasteiger partial charge in [-0.2, -0.15) is 0 Å². The molecule has 0 saturated carbocycles. The van der Waals surface area contributed by atoms with E-state index in [-0.39, 0.29) is 6.03 Å². The minimum atomic E-state index is 0.0136. The van der Waals surface area contributed by atoms with E-state index < -0.39 is 0 Å². The highest BCUT2D eigenvalue weighted by molar-refractivity contribution is 5.73. The van der Waals surface area contributed by atoms with E-state index in [9.17, 15) is 4.79 Å². The van der Waals surface area contributed by atoms with Crippen LogP contribution in [-0.4, -0.2) is 67.7 Å². The lowest BCUT2D eigenvalue weighted by atomic mass is 9.81. The zero-order valence-corrected chi connectivity index (χ0v) is 13.9. The fourth-order valence-electron chi connectivity index (χ4n) is 3.81. The van der Waals surface area contributed by atoms with E-state index in [0.717, 1.165) is 19.6 Å². The van der Waals surface area contributed by atoms with E-state index in [0.29, 0.717) is 18.1 Å². The molecule has 0 aromatic rings. The molecule has 0 radical (unpaired) electrons. The molecule has 5 nitrogen and oxygen atoms in total. The Morgan fingerprint density at radius 2 is 1.86 bits per heavy atom. The average molecular weight is 296 g/mol. The molecule has 0 aromatic carbocycles. The fourth-order valence-corrected chi connectivity index (χ4v) is 3.81. The second-order valence-corrected chi connectivity index (χ2v) is 6.73. The van der Waals surface area contributed by atoms with Crippen molar-refractivity contribution < 1.29 is 4.79 Å². The summed E-state index contributed by atoms with van der Waals surface area (Å²) in [6.07, 6.45) is 7.78. The van der Waals surface area contributed by atoms with Gasteiger partial charge in [0, 0.05) is 45.3 Å². The largest absolute Gasteiger partial charge is 0.337 e. The van der Waals surface area contributed by atoms with Gasteiger partial charge < -0.3 is 15.5 Å². The van der Waals surface area contributed by atoms with Gasteiger partial charge in [-0.25, -0.2) is 4.79 Å². The molecule has 2 fully saturated rings. The van der Waals surface area contributed by atoms with Crippen molar-refractivity contribution in [3.63, 3.8) is 0 Å². The number of piperidine rings is 2. The number of carbonyl (C=O) groups is 1. The van der Waals surface area contributed by atoms with Crippen LogP contribution in [0.25, 0.3) is 0 Å². The first-order valence-corrected chi connectivity index (χ1v) is 8.56. The van der Waals surface area contributed by atoms with Crippen molar-refractivity contribution >= 4 is 6.03 Å². The summed E-state index contributed by atoms with van der Waals surface area (Å²) in [7, 11) is 3.57. The molecule has 2 aliphatic rings. The van der Waals surface area contributed by atoms with Gasteiger partial charge in [-0.05, 0) is 38.6 Å². The lowest BCUT2D eigenvalue weighted by Crippen LogP contribution is -2.57. The normalized spacial score (nSPS) is 29.2. The van der Waals surface area contributed by atoms with E-state index in [4.69, 9.17) is 0 Å². The molecule has 0 aliphatic carbocycles. The first-order valence-electron chi connectivity index (χ1n) is 8.56. The Bertz CT molecular complexity index is 320. The maximum Gasteiger partial charge on any atom is 0.316 e. The number of urea groups is 1. The minimum Gasteiger partial charge on any atom is -0.337 e. The van der Waals surface area contributed by atoms with Crippen LogP contribution < -0.4 is 10.6 Å². The van der Waals surface area contributed by atoms with Crippen molar-refractivity contribution in [2.75, 3.05) is 33.7 Å². The number of nitrogens with one attached hydrogen (secondary N) is 2. The van der Waals surface area contributed by atoms with Gasteiger partial charge in [0.2, 0.25) is 0 Å². The molecular formula is C16H32N4O. The summed E-state index contributed by atoms with van der Waals surface area (Å²) in [4.78, 5) is 15.8. The molecule has 2 N–H and O–H groups in total. The molecule has 0 spiro atoms. The van der Waals surface area contributed by atoms with Crippen molar-refractivity contribution in [1.82, 2.24) is 20.4 Å². The zero-order valence-electron chi connectivity index (χ0n) is 13.9. The highest BCUT2D eigenvalue weighted by atomic mass is 16.2. The van der Waals surface area contributed by atoms with Crippen LogP contribution in [0.3, 0.4) is 0 Å². The molecule has 2 rings (SSSR count). The molecule has 0 aromatic heterocycles. The molecule has 2 unspecified atom stereocenters. The molecule has 122 valence electrons. The summed E-state index contributed by atoms with van der Waals surface area (Å²) in [6.45, 7) is 5.13. The molecule has 21 heavy (non-hydrogen) atoms.